The zero-order chi connectivity index (χ0) is 12.5. The maximum absolute atomic E-state index is 10.1. The summed E-state index contributed by atoms with van der Waals surface area (Å²) in [5, 5.41) is 13.3. The van der Waals surface area contributed by atoms with E-state index in [1.54, 1.807) is 12.4 Å². The minimum atomic E-state index is -0.436. The Morgan fingerprint density at radius 2 is 1.94 bits per heavy atom. The minimum absolute atomic E-state index is 0.137. The fourth-order valence-corrected chi connectivity index (χ4v) is 2.48. The van der Waals surface area contributed by atoms with Crippen molar-refractivity contribution in [2.75, 3.05) is 5.32 Å². The van der Waals surface area contributed by atoms with Crippen LogP contribution >= 0.6 is 15.9 Å². The Bertz CT molecular complexity index is 558. The van der Waals surface area contributed by atoms with Crippen molar-refractivity contribution in [3.8, 4) is 0 Å². The van der Waals surface area contributed by atoms with Crippen molar-refractivity contribution in [3.63, 3.8) is 0 Å². The van der Waals surface area contributed by atoms with Crippen LogP contribution in [0, 0.1) is 0 Å². The average molecular weight is 306 g/mol. The van der Waals surface area contributed by atoms with Gasteiger partial charge in [0.2, 0.25) is 5.95 Å². The van der Waals surface area contributed by atoms with E-state index in [1.165, 1.54) is 5.56 Å². The molecule has 18 heavy (non-hydrogen) atoms. The summed E-state index contributed by atoms with van der Waals surface area (Å²) in [5.41, 5.74) is 2.30. The van der Waals surface area contributed by atoms with Crippen molar-refractivity contribution < 1.29 is 5.11 Å². The Hall–Kier alpha value is -1.46. The third-order valence-electron chi connectivity index (χ3n) is 3.11. The predicted octanol–water partition coefficient (Wildman–Crippen LogP) is 2.31. The van der Waals surface area contributed by atoms with E-state index in [4.69, 9.17) is 0 Å². The first kappa shape index (κ1) is 11.6. The van der Waals surface area contributed by atoms with Gasteiger partial charge in [-0.1, -0.05) is 24.3 Å². The predicted molar refractivity (Wildman–Crippen MR) is 72.2 cm³/mol. The van der Waals surface area contributed by atoms with Crippen LogP contribution in [0.5, 0.6) is 0 Å². The molecule has 2 atom stereocenters. The summed E-state index contributed by atoms with van der Waals surface area (Å²) >= 11 is 3.29. The maximum atomic E-state index is 10.1. The highest BCUT2D eigenvalue weighted by Crippen LogP contribution is 2.33. The zero-order valence-corrected chi connectivity index (χ0v) is 11.1. The molecular formula is C13H12BrN3O. The highest BCUT2D eigenvalue weighted by Gasteiger charge is 2.30. The molecule has 0 saturated carbocycles. The van der Waals surface area contributed by atoms with Gasteiger partial charge in [0.05, 0.1) is 16.6 Å². The lowest BCUT2D eigenvalue weighted by Crippen LogP contribution is -2.22. The summed E-state index contributed by atoms with van der Waals surface area (Å²) in [5.74, 6) is 0.527. The van der Waals surface area contributed by atoms with E-state index >= 15 is 0 Å². The average Bonchev–Trinajstić information content (AvgIpc) is 2.69. The fraction of sp³-hybridized carbons (Fsp3) is 0.231. The maximum Gasteiger partial charge on any atom is 0.223 e. The molecule has 4 nitrogen and oxygen atoms in total. The normalized spacial score (nSPS) is 21.7. The third kappa shape index (κ3) is 2.11. The van der Waals surface area contributed by atoms with E-state index in [1.807, 2.05) is 24.3 Å². The molecule has 1 aromatic heterocycles. The lowest BCUT2D eigenvalue weighted by molar-refractivity contribution is 0.165. The Balaban J connectivity index is 1.87. The molecule has 2 aromatic rings. The van der Waals surface area contributed by atoms with Crippen LogP contribution in [0.25, 0.3) is 0 Å². The number of benzene rings is 1. The van der Waals surface area contributed by atoms with Gasteiger partial charge in [0.15, 0.2) is 0 Å². The quantitative estimate of drug-likeness (QED) is 0.894. The van der Waals surface area contributed by atoms with E-state index < -0.39 is 6.10 Å². The second-order valence-corrected chi connectivity index (χ2v) is 5.23. The van der Waals surface area contributed by atoms with Crippen molar-refractivity contribution in [2.45, 2.75) is 18.6 Å². The second-order valence-electron chi connectivity index (χ2n) is 4.32. The van der Waals surface area contributed by atoms with Gasteiger partial charge >= 0.3 is 0 Å². The lowest BCUT2D eigenvalue weighted by atomic mass is 10.1. The molecule has 0 aliphatic heterocycles. The third-order valence-corrected chi connectivity index (χ3v) is 3.52. The summed E-state index contributed by atoms with van der Waals surface area (Å²) in [6.45, 7) is 0. The molecule has 1 aliphatic carbocycles. The van der Waals surface area contributed by atoms with Crippen molar-refractivity contribution >= 4 is 21.9 Å². The molecule has 3 rings (SSSR count). The van der Waals surface area contributed by atoms with Gasteiger partial charge in [-0.15, -0.1) is 0 Å². The van der Waals surface area contributed by atoms with Crippen LogP contribution in [0.4, 0.5) is 5.95 Å². The largest absolute Gasteiger partial charge is 0.390 e. The van der Waals surface area contributed by atoms with Crippen LogP contribution in [-0.4, -0.2) is 21.2 Å². The second kappa shape index (κ2) is 4.66. The molecule has 1 heterocycles. The Morgan fingerprint density at radius 3 is 2.72 bits per heavy atom. The molecular weight excluding hydrogens is 294 g/mol. The van der Waals surface area contributed by atoms with Gasteiger partial charge in [0, 0.05) is 18.8 Å². The number of halogens is 1. The highest BCUT2D eigenvalue weighted by atomic mass is 79.9. The zero-order valence-electron chi connectivity index (χ0n) is 9.55. The molecule has 0 spiro atoms. The van der Waals surface area contributed by atoms with Gasteiger partial charge in [-0.3, -0.25) is 0 Å². The highest BCUT2D eigenvalue weighted by molar-refractivity contribution is 9.10. The molecule has 92 valence electrons. The summed E-state index contributed by atoms with van der Waals surface area (Å²) < 4.78 is 0.834. The SMILES string of the molecule is O[C@H]1Cc2ccccc2[C@@H]1Nc1ncc(Br)cn1. The van der Waals surface area contributed by atoms with Gasteiger partial charge < -0.3 is 10.4 Å². The van der Waals surface area contributed by atoms with Gasteiger partial charge in [0.25, 0.3) is 0 Å². The molecule has 0 bridgehead atoms. The fourth-order valence-electron chi connectivity index (χ4n) is 2.27. The molecule has 1 aromatic carbocycles. The summed E-state index contributed by atoms with van der Waals surface area (Å²) in [6.07, 6.45) is 3.60. The van der Waals surface area contributed by atoms with Crippen LogP contribution in [0.3, 0.4) is 0 Å². The first-order valence-corrected chi connectivity index (χ1v) is 6.53. The molecule has 2 N–H and O–H groups in total. The summed E-state index contributed by atoms with van der Waals surface area (Å²) in [7, 11) is 0. The monoisotopic (exact) mass is 305 g/mol. The molecule has 0 unspecified atom stereocenters. The van der Waals surface area contributed by atoms with E-state index in [0.717, 1.165) is 10.0 Å². The van der Waals surface area contributed by atoms with E-state index in [0.29, 0.717) is 12.4 Å². The van der Waals surface area contributed by atoms with Crippen molar-refractivity contribution in [1.82, 2.24) is 9.97 Å². The van der Waals surface area contributed by atoms with Crippen molar-refractivity contribution in [3.05, 3.63) is 52.3 Å². The number of aromatic nitrogens is 2. The van der Waals surface area contributed by atoms with Gasteiger partial charge in [-0.05, 0) is 27.1 Å². The molecule has 0 saturated heterocycles. The number of anilines is 1. The topological polar surface area (TPSA) is 58.0 Å². The number of nitrogens with one attached hydrogen (secondary N) is 1. The Kier molecular flexibility index (Phi) is 3.01. The van der Waals surface area contributed by atoms with Crippen LogP contribution in [0.2, 0.25) is 0 Å². The summed E-state index contributed by atoms with van der Waals surface area (Å²) in [4.78, 5) is 8.34. The van der Waals surface area contributed by atoms with Gasteiger partial charge in [-0.25, -0.2) is 9.97 Å². The van der Waals surface area contributed by atoms with Crippen LogP contribution in [0.1, 0.15) is 17.2 Å². The van der Waals surface area contributed by atoms with E-state index in [9.17, 15) is 5.11 Å². The Labute approximate surface area is 113 Å². The minimum Gasteiger partial charge on any atom is -0.390 e. The number of aliphatic hydroxyl groups is 1. The van der Waals surface area contributed by atoms with E-state index in [2.05, 4.69) is 31.2 Å². The number of aliphatic hydroxyl groups excluding tert-OH is 1. The van der Waals surface area contributed by atoms with Crippen LogP contribution in [0.15, 0.2) is 41.1 Å². The van der Waals surface area contributed by atoms with Crippen LogP contribution < -0.4 is 5.32 Å². The number of hydrogen-bond acceptors (Lipinski definition) is 4. The van der Waals surface area contributed by atoms with E-state index in [-0.39, 0.29) is 6.04 Å². The first-order chi connectivity index (χ1) is 8.74. The molecule has 0 amide bonds. The Morgan fingerprint density at radius 1 is 1.22 bits per heavy atom. The number of fused-ring (bicyclic) bond motifs is 1. The summed E-state index contributed by atoms with van der Waals surface area (Å²) in [6, 6.07) is 7.91. The molecule has 5 heteroatoms. The van der Waals surface area contributed by atoms with Gasteiger partial charge in [-0.2, -0.15) is 0 Å². The smallest absolute Gasteiger partial charge is 0.223 e. The number of hydrogen-bond donors (Lipinski definition) is 2. The number of rotatable bonds is 2. The molecule has 0 fully saturated rings. The standard InChI is InChI=1S/C13H12BrN3O/c14-9-6-15-13(16-7-9)17-12-10-4-2-1-3-8(10)5-11(12)18/h1-4,6-7,11-12,18H,5H2,(H,15,16,17)/t11-,12-/m0/s1. The first-order valence-electron chi connectivity index (χ1n) is 5.74. The van der Waals surface area contributed by atoms with Crippen molar-refractivity contribution in [1.29, 1.82) is 0 Å². The lowest BCUT2D eigenvalue weighted by Gasteiger charge is -2.17. The van der Waals surface area contributed by atoms with Crippen molar-refractivity contribution in [2.24, 2.45) is 0 Å². The van der Waals surface area contributed by atoms with Crippen LogP contribution in [-0.2, 0) is 6.42 Å². The molecule has 0 radical (unpaired) electrons. The molecule has 1 aliphatic rings. The number of nitrogens with zero attached hydrogens (tertiary/aromatic N) is 2. The van der Waals surface area contributed by atoms with Gasteiger partial charge in [0.1, 0.15) is 0 Å².